The normalized spacial score (nSPS) is 23.3. The lowest BCUT2D eigenvalue weighted by Gasteiger charge is -2.42. The largest absolute Gasteiger partial charge is 0.487 e. The molecule has 3 heterocycles. The molecule has 2 atom stereocenters. The number of carbonyl (C=O) groups excluding carboxylic acids is 1. The third kappa shape index (κ3) is 4.06. The van der Waals surface area contributed by atoms with Crippen LogP contribution in [0.1, 0.15) is 18.9 Å². The molecule has 1 N–H and O–H groups in total. The van der Waals surface area contributed by atoms with E-state index in [-0.39, 0.29) is 11.9 Å². The average Bonchev–Trinajstić information content (AvgIpc) is 3.13. The van der Waals surface area contributed by atoms with Crippen molar-refractivity contribution < 1.29 is 9.53 Å². The molecule has 1 aromatic carbocycles. The molecule has 0 saturated carbocycles. The maximum absolute atomic E-state index is 12.0. The molecule has 1 aromatic heterocycles. The van der Waals surface area contributed by atoms with Gasteiger partial charge in [-0.3, -0.25) is 9.69 Å². The SMILES string of the molecule is CC1CN(c2ccc(OCc3ccccc3)cn2)CCN1[C@@H]1CCNC1=O. The maximum Gasteiger partial charge on any atom is 0.237 e. The fourth-order valence-electron chi connectivity index (χ4n) is 3.93. The number of benzene rings is 1. The molecule has 2 aromatic rings. The molecule has 2 saturated heterocycles. The number of aromatic nitrogens is 1. The highest BCUT2D eigenvalue weighted by molar-refractivity contribution is 5.83. The highest BCUT2D eigenvalue weighted by Crippen LogP contribution is 2.23. The van der Waals surface area contributed by atoms with Gasteiger partial charge in [-0.1, -0.05) is 30.3 Å². The first kappa shape index (κ1) is 17.8. The number of nitrogens with one attached hydrogen (secondary N) is 1. The number of nitrogens with zero attached hydrogens (tertiary/aromatic N) is 3. The zero-order valence-corrected chi connectivity index (χ0v) is 15.7. The van der Waals surface area contributed by atoms with Gasteiger partial charge in [0.05, 0.1) is 12.2 Å². The van der Waals surface area contributed by atoms with Crippen molar-refractivity contribution in [2.45, 2.75) is 32.0 Å². The highest BCUT2D eigenvalue weighted by Gasteiger charge is 2.36. The summed E-state index contributed by atoms with van der Waals surface area (Å²) in [6, 6.07) is 14.5. The standard InChI is InChI=1S/C21H26N4O2/c1-16-14-24(11-12-25(16)19-9-10-22-21(19)26)20-8-7-18(13-23-20)27-15-17-5-3-2-4-6-17/h2-8,13,16,19H,9-12,14-15H2,1H3,(H,22,26)/t16?,19-/m1/s1. The number of anilines is 1. The zero-order chi connectivity index (χ0) is 18.6. The van der Waals surface area contributed by atoms with E-state index in [1.54, 1.807) is 6.20 Å². The van der Waals surface area contributed by atoms with E-state index in [0.717, 1.165) is 49.7 Å². The molecule has 142 valence electrons. The molecule has 0 bridgehead atoms. The number of piperazine rings is 1. The Morgan fingerprint density at radius 1 is 1.19 bits per heavy atom. The van der Waals surface area contributed by atoms with Gasteiger partial charge in [-0.05, 0) is 31.0 Å². The van der Waals surface area contributed by atoms with Gasteiger partial charge in [0.1, 0.15) is 18.2 Å². The Kier molecular flexibility index (Phi) is 5.25. The van der Waals surface area contributed by atoms with Crippen molar-refractivity contribution in [2.75, 3.05) is 31.1 Å². The fraction of sp³-hybridized carbons (Fsp3) is 0.429. The minimum atomic E-state index is 0.0314. The lowest BCUT2D eigenvalue weighted by atomic mass is 10.1. The van der Waals surface area contributed by atoms with E-state index in [9.17, 15) is 4.79 Å². The number of hydrogen-bond donors (Lipinski definition) is 1. The van der Waals surface area contributed by atoms with Gasteiger partial charge in [0, 0.05) is 32.2 Å². The van der Waals surface area contributed by atoms with Gasteiger partial charge in [-0.15, -0.1) is 0 Å². The van der Waals surface area contributed by atoms with Crippen molar-refractivity contribution in [3.63, 3.8) is 0 Å². The van der Waals surface area contributed by atoms with Crippen molar-refractivity contribution in [1.29, 1.82) is 0 Å². The summed E-state index contributed by atoms with van der Waals surface area (Å²) >= 11 is 0. The first-order valence-electron chi connectivity index (χ1n) is 9.62. The van der Waals surface area contributed by atoms with E-state index in [0.29, 0.717) is 12.6 Å². The van der Waals surface area contributed by atoms with Crippen LogP contribution in [0, 0.1) is 0 Å². The van der Waals surface area contributed by atoms with Gasteiger partial charge in [0.25, 0.3) is 0 Å². The summed E-state index contributed by atoms with van der Waals surface area (Å²) in [5.74, 6) is 1.91. The zero-order valence-electron chi connectivity index (χ0n) is 15.7. The molecule has 4 rings (SSSR count). The molecule has 6 heteroatoms. The van der Waals surface area contributed by atoms with Crippen LogP contribution in [0.4, 0.5) is 5.82 Å². The molecule has 6 nitrogen and oxygen atoms in total. The van der Waals surface area contributed by atoms with Crippen LogP contribution < -0.4 is 15.0 Å². The molecule has 1 amide bonds. The third-order valence-electron chi connectivity index (χ3n) is 5.39. The summed E-state index contributed by atoms with van der Waals surface area (Å²) in [5.41, 5.74) is 1.14. The minimum Gasteiger partial charge on any atom is -0.487 e. The molecule has 0 aliphatic carbocycles. The van der Waals surface area contributed by atoms with Gasteiger partial charge < -0.3 is 15.0 Å². The van der Waals surface area contributed by atoms with E-state index in [1.165, 1.54) is 0 Å². The van der Waals surface area contributed by atoms with Gasteiger partial charge in [-0.2, -0.15) is 0 Å². The number of amides is 1. The second-order valence-electron chi connectivity index (χ2n) is 7.25. The summed E-state index contributed by atoms with van der Waals surface area (Å²) in [4.78, 5) is 21.2. The summed E-state index contributed by atoms with van der Waals surface area (Å²) in [5, 5.41) is 2.94. The van der Waals surface area contributed by atoms with E-state index < -0.39 is 0 Å². The molecule has 2 aliphatic heterocycles. The second kappa shape index (κ2) is 7.96. The first-order valence-corrected chi connectivity index (χ1v) is 9.62. The number of ether oxygens (including phenoxy) is 1. The Morgan fingerprint density at radius 2 is 2.04 bits per heavy atom. The summed E-state index contributed by atoms with van der Waals surface area (Å²) < 4.78 is 5.82. The van der Waals surface area contributed by atoms with Crippen molar-refractivity contribution in [1.82, 2.24) is 15.2 Å². The predicted octanol–water partition coefficient (Wildman–Crippen LogP) is 2.06. The lowest BCUT2D eigenvalue weighted by molar-refractivity contribution is -0.124. The average molecular weight is 366 g/mol. The summed E-state index contributed by atoms with van der Waals surface area (Å²) in [6.07, 6.45) is 2.70. The molecule has 1 unspecified atom stereocenters. The van der Waals surface area contributed by atoms with Crippen LogP contribution in [0.5, 0.6) is 5.75 Å². The fourth-order valence-corrected chi connectivity index (χ4v) is 3.93. The Hall–Kier alpha value is -2.60. The van der Waals surface area contributed by atoms with E-state index in [4.69, 9.17) is 4.74 Å². The van der Waals surface area contributed by atoms with Gasteiger partial charge in [-0.25, -0.2) is 4.98 Å². The quantitative estimate of drug-likeness (QED) is 0.878. The minimum absolute atomic E-state index is 0.0314. The van der Waals surface area contributed by atoms with E-state index in [1.807, 2.05) is 42.5 Å². The Bertz CT molecular complexity index is 766. The lowest BCUT2D eigenvalue weighted by Crippen LogP contribution is -2.57. The highest BCUT2D eigenvalue weighted by atomic mass is 16.5. The van der Waals surface area contributed by atoms with Gasteiger partial charge in [0.15, 0.2) is 0 Å². The number of hydrogen-bond acceptors (Lipinski definition) is 5. The molecule has 27 heavy (non-hydrogen) atoms. The molecule has 0 spiro atoms. The number of pyridine rings is 1. The molecule has 2 fully saturated rings. The summed E-state index contributed by atoms with van der Waals surface area (Å²) in [6.45, 7) is 6.16. The first-order chi connectivity index (χ1) is 13.2. The Morgan fingerprint density at radius 3 is 2.70 bits per heavy atom. The molecule has 0 radical (unpaired) electrons. The summed E-state index contributed by atoms with van der Waals surface area (Å²) in [7, 11) is 0. The van der Waals surface area contributed by atoms with Crippen LogP contribution in [0.3, 0.4) is 0 Å². The smallest absolute Gasteiger partial charge is 0.237 e. The van der Waals surface area contributed by atoms with Crippen molar-refractivity contribution in [3.05, 3.63) is 54.2 Å². The number of rotatable bonds is 5. The monoisotopic (exact) mass is 366 g/mol. The van der Waals surface area contributed by atoms with Crippen molar-refractivity contribution in [2.24, 2.45) is 0 Å². The van der Waals surface area contributed by atoms with Crippen LogP contribution in [0.15, 0.2) is 48.7 Å². The van der Waals surface area contributed by atoms with Crippen molar-refractivity contribution >= 4 is 11.7 Å². The topological polar surface area (TPSA) is 57.7 Å². The maximum atomic E-state index is 12.0. The molecular formula is C21H26N4O2. The Balaban J connectivity index is 1.33. The molecule has 2 aliphatic rings. The van der Waals surface area contributed by atoms with E-state index >= 15 is 0 Å². The van der Waals surface area contributed by atoms with Crippen LogP contribution in [0.25, 0.3) is 0 Å². The van der Waals surface area contributed by atoms with Crippen LogP contribution in [-0.4, -0.2) is 54.1 Å². The van der Waals surface area contributed by atoms with E-state index in [2.05, 4.69) is 27.0 Å². The van der Waals surface area contributed by atoms with Gasteiger partial charge >= 0.3 is 0 Å². The third-order valence-corrected chi connectivity index (χ3v) is 5.39. The second-order valence-corrected chi connectivity index (χ2v) is 7.25. The van der Waals surface area contributed by atoms with Crippen LogP contribution in [0.2, 0.25) is 0 Å². The van der Waals surface area contributed by atoms with Gasteiger partial charge in [0.2, 0.25) is 5.91 Å². The van der Waals surface area contributed by atoms with Crippen molar-refractivity contribution in [3.8, 4) is 5.75 Å². The number of carbonyl (C=O) groups is 1. The molecular weight excluding hydrogens is 340 g/mol. The Labute approximate surface area is 160 Å². The predicted molar refractivity (Wildman–Crippen MR) is 105 cm³/mol. The van der Waals surface area contributed by atoms with Crippen LogP contribution >= 0.6 is 0 Å². The van der Waals surface area contributed by atoms with Crippen LogP contribution in [-0.2, 0) is 11.4 Å².